The number of rotatable bonds is 4. The Balaban J connectivity index is 2.24. The lowest BCUT2D eigenvalue weighted by Gasteiger charge is -2.33. The van der Waals surface area contributed by atoms with Gasteiger partial charge in [-0.2, -0.15) is 0 Å². The van der Waals surface area contributed by atoms with Crippen LogP contribution in [0.15, 0.2) is 23.1 Å². The summed E-state index contributed by atoms with van der Waals surface area (Å²) in [4.78, 5) is 13.1. The molecule has 0 bridgehead atoms. The van der Waals surface area contributed by atoms with Crippen LogP contribution in [-0.2, 0) is 19.6 Å². The van der Waals surface area contributed by atoms with E-state index in [0.717, 1.165) is 6.07 Å². The molecule has 1 unspecified atom stereocenters. The zero-order chi connectivity index (χ0) is 16.3. The van der Waals surface area contributed by atoms with Crippen LogP contribution in [0.1, 0.15) is 0 Å². The lowest BCUT2D eigenvalue weighted by molar-refractivity contribution is -0.132. The van der Waals surface area contributed by atoms with E-state index in [9.17, 15) is 17.6 Å². The summed E-state index contributed by atoms with van der Waals surface area (Å²) in [5.74, 6) is -0.937. The average Bonchev–Trinajstić information content (AvgIpc) is 2.54. The fourth-order valence-electron chi connectivity index (χ4n) is 2.22. The average molecular weight is 331 g/mol. The van der Waals surface area contributed by atoms with Gasteiger partial charge in [-0.25, -0.2) is 17.5 Å². The number of hydrogen-bond acceptors (Lipinski definition) is 5. The summed E-state index contributed by atoms with van der Waals surface area (Å²) < 4.78 is 45.0. The fourth-order valence-corrected chi connectivity index (χ4v) is 2.96. The number of nitrogens with zero attached hydrogens (tertiary/aromatic N) is 1. The topological polar surface area (TPSA) is 87.7 Å². The highest BCUT2D eigenvalue weighted by molar-refractivity contribution is 7.89. The molecule has 7 nitrogen and oxygen atoms in total. The molecule has 1 atom stereocenters. The van der Waals surface area contributed by atoms with Gasteiger partial charge in [0.05, 0.1) is 23.7 Å². The number of morpholine rings is 1. The molecule has 0 spiro atoms. The van der Waals surface area contributed by atoms with Gasteiger partial charge in [0.15, 0.2) is 6.10 Å². The number of benzene rings is 1. The molecule has 0 aliphatic carbocycles. The number of carbonyl (C=O) groups is 1. The normalized spacial score (nSPS) is 19.0. The number of anilines is 1. The molecule has 0 aromatic heterocycles. The lowest BCUT2D eigenvalue weighted by atomic mass is 10.2. The van der Waals surface area contributed by atoms with E-state index in [0.29, 0.717) is 6.54 Å². The molecular formula is C13H18FN3O4S. The number of hydrogen-bond donors (Lipinski definition) is 2. The Kier molecular flexibility index (Phi) is 4.99. The van der Waals surface area contributed by atoms with Crippen molar-refractivity contribution in [1.82, 2.24) is 10.0 Å². The highest BCUT2D eigenvalue weighted by Crippen LogP contribution is 2.24. The predicted octanol–water partition coefficient (Wildman–Crippen LogP) is -0.315. The quantitative estimate of drug-likeness (QED) is 0.790. The Labute approximate surface area is 128 Å². The molecule has 1 aromatic rings. The summed E-state index contributed by atoms with van der Waals surface area (Å²) in [7, 11) is -0.930. The summed E-state index contributed by atoms with van der Waals surface area (Å²) >= 11 is 0. The van der Waals surface area contributed by atoms with Gasteiger partial charge in [0.25, 0.3) is 5.91 Å². The number of nitrogens with one attached hydrogen (secondary N) is 2. The van der Waals surface area contributed by atoms with Crippen LogP contribution in [0.25, 0.3) is 0 Å². The van der Waals surface area contributed by atoms with Gasteiger partial charge in [0.2, 0.25) is 10.0 Å². The molecule has 0 saturated carbocycles. The van der Waals surface area contributed by atoms with Crippen LogP contribution >= 0.6 is 0 Å². The van der Waals surface area contributed by atoms with E-state index in [1.807, 2.05) is 0 Å². The maximum absolute atomic E-state index is 14.2. The first-order valence-electron chi connectivity index (χ1n) is 6.70. The van der Waals surface area contributed by atoms with E-state index >= 15 is 0 Å². The minimum absolute atomic E-state index is 0.146. The van der Waals surface area contributed by atoms with Crippen molar-refractivity contribution >= 4 is 21.6 Å². The van der Waals surface area contributed by atoms with Crippen LogP contribution in [0, 0.1) is 5.82 Å². The molecular weight excluding hydrogens is 313 g/mol. The van der Waals surface area contributed by atoms with Crippen LogP contribution in [0.2, 0.25) is 0 Å². The largest absolute Gasteiger partial charge is 0.365 e. The second-order valence-electron chi connectivity index (χ2n) is 4.74. The van der Waals surface area contributed by atoms with Gasteiger partial charge in [0.1, 0.15) is 5.82 Å². The van der Waals surface area contributed by atoms with Crippen molar-refractivity contribution in [3.63, 3.8) is 0 Å². The smallest absolute Gasteiger partial charge is 0.250 e. The lowest BCUT2D eigenvalue weighted by Crippen LogP contribution is -2.49. The van der Waals surface area contributed by atoms with Crippen molar-refractivity contribution in [3.8, 4) is 0 Å². The first-order chi connectivity index (χ1) is 10.4. The summed E-state index contributed by atoms with van der Waals surface area (Å²) in [5.41, 5.74) is 0.243. The summed E-state index contributed by atoms with van der Waals surface area (Å²) in [6.45, 7) is 0.908. The molecule has 2 N–H and O–H groups in total. The van der Waals surface area contributed by atoms with Crippen molar-refractivity contribution in [1.29, 1.82) is 0 Å². The van der Waals surface area contributed by atoms with Crippen molar-refractivity contribution in [2.75, 3.05) is 38.7 Å². The molecule has 2 rings (SSSR count). The molecule has 22 heavy (non-hydrogen) atoms. The third kappa shape index (κ3) is 3.37. The van der Waals surface area contributed by atoms with Crippen molar-refractivity contribution in [2.45, 2.75) is 11.0 Å². The van der Waals surface area contributed by atoms with Crippen molar-refractivity contribution in [3.05, 3.63) is 24.0 Å². The Morgan fingerprint density at radius 3 is 2.73 bits per heavy atom. The molecule has 1 saturated heterocycles. The second kappa shape index (κ2) is 6.59. The molecule has 1 fully saturated rings. The van der Waals surface area contributed by atoms with Gasteiger partial charge < -0.3 is 15.0 Å². The molecule has 122 valence electrons. The van der Waals surface area contributed by atoms with E-state index in [2.05, 4.69) is 10.0 Å². The first kappa shape index (κ1) is 16.7. The van der Waals surface area contributed by atoms with Gasteiger partial charge in [-0.1, -0.05) is 0 Å². The molecule has 1 aliphatic rings. The maximum atomic E-state index is 14.2. The van der Waals surface area contributed by atoms with E-state index in [-0.39, 0.29) is 29.6 Å². The minimum Gasteiger partial charge on any atom is -0.365 e. The van der Waals surface area contributed by atoms with E-state index < -0.39 is 21.9 Å². The Morgan fingerprint density at radius 1 is 1.41 bits per heavy atom. The number of likely N-dealkylation sites (N-methyl/N-ethyl adjacent to an activating group) is 1. The van der Waals surface area contributed by atoms with Gasteiger partial charge in [-0.05, 0) is 25.2 Å². The Morgan fingerprint density at radius 2 is 2.14 bits per heavy atom. The van der Waals surface area contributed by atoms with Crippen LogP contribution in [-0.4, -0.2) is 54.2 Å². The van der Waals surface area contributed by atoms with Crippen LogP contribution in [0.3, 0.4) is 0 Å². The van der Waals surface area contributed by atoms with E-state index in [1.165, 1.54) is 26.2 Å². The fraction of sp³-hybridized carbons (Fsp3) is 0.462. The third-order valence-corrected chi connectivity index (χ3v) is 4.86. The molecule has 1 amide bonds. The monoisotopic (exact) mass is 331 g/mol. The van der Waals surface area contributed by atoms with Gasteiger partial charge in [0, 0.05) is 13.6 Å². The number of amides is 1. The van der Waals surface area contributed by atoms with E-state index in [1.54, 1.807) is 4.90 Å². The summed E-state index contributed by atoms with van der Waals surface area (Å²) in [6, 6.07) is 3.69. The SMILES string of the molecule is CNC(=O)C1CN(c2ccc(S(=O)(=O)NC)cc2F)CCO1. The second-order valence-corrected chi connectivity index (χ2v) is 6.63. The number of sulfonamides is 1. The van der Waals surface area contributed by atoms with Gasteiger partial charge in [-0.15, -0.1) is 0 Å². The standard InChI is InChI=1S/C13H18FN3O4S/c1-15-13(18)12-8-17(5-6-21-12)11-4-3-9(7-10(11)14)22(19,20)16-2/h3-4,7,12,16H,5-6,8H2,1-2H3,(H,15,18). The van der Waals surface area contributed by atoms with Crippen LogP contribution in [0.5, 0.6) is 0 Å². The van der Waals surface area contributed by atoms with Crippen LogP contribution < -0.4 is 14.9 Å². The Bertz CT molecular complexity index is 665. The van der Waals surface area contributed by atoms with Crippen molar-refractivity contribution < 1.29 is 22.3 Å². The van der Waals surface area contributed by atoms with Gasteiger partial charge in [-0.3, -0.25) is 4.79 Å². The van der Waals surface area contributed by atoms with Crippen molar-refractivity contribution in [2.24, 2.45) is 0 Å². The summed E-state index contributed by atoms with van der Waals surface area (Å²) in [5, 5.41) is 2.49. The third-order valence-electron chi connectivity index (χ3n) is 3.44. The predicted molar refractivity (Wildman–Crippen MR) is 78.7 cm³/mol. The molecule has 1 heterocycles. The molecule has 0 radical (unpaired) electrons. The number of ether oxygens (including phenoxy) is 1. The first-order valence-corrected chi connectivity index (χ1v) is 8.18. The van der Waals surface area contributed by atoms with Crippen LogP contribution in [0.4, 0.5) is 10.1 Å². The summed E-state index contributed by atoms with van der Waals surface area (Å²) in [6.07, 6.45) is -0.682. The minimum atomic E-state index is -3.69. The zero-order valence-corrected chi connectivity index (χ0v) is 13.1. The number of carbonyl (C=O) groups excluding carboxylic acids is 1. The molecule has 1 aromatic carbocycles. The van der Waals surface area contributed by atoms with E-state index in [4.69, 9.17) is 4.74 Å². The highest BCUT2D eigenvalue weighted by atomic mass is 32.2. The highest BCUT2D eigenvalue weighted by Gasteiger charge is 2.27. The molecule has 1 aliphatic heterocycles. The Hall–Kier alpha value is -1.71. The number of halogens is 1. The molecule has 9 heteroatoms. The maximum Gasteiger partial charge on any atom is 0.250 e. The zero-order valence-electron chi connectivity index (χ0n) is 12.3. The van der Waals surface area contributed by atoms with Gasteiger partial charge >= 0.3 is 0 Å².